The van der Waals surface area contributed by atoms with Crippen molar-refractivity contribution in [2.24, 2.45) is 0 Å². The van der Waals surface area contributed by atoms with Gasteiger partial charge in [0.2, 0.25) is 5.95 Å². The molecule has 230 valence electrons. The Kier molecular flexibility index (Phi) is 8.83. The smallest absolute Gasteiger partial charge is 0.277 e. The monoisotopic (exact) mass is 623 g/mol. The zero-order chi connectivity index (χ0) is 30.8. The summed E-state index contributed by atoms with van der Waals surface area (Å²) in [4.78, 5) is 35.9. The molecule has 2 saturated heterocycles. The fraction of sp³-hybridized carbons (Fsp3) is 0.387. The van der Waals surface area contributed by atoms with E-state index in [2.05, 4.69) is 24.8 Å². The predicted octanol–water partition coefficient (Wildman–Crippen LogP) is 4.51. The molecular weight excluding hydrogens is 592 g/mol. The molecule has 13 heteroatoms. The number of rotatable bonds is 7. The molecule has 0 amide bonds. The molecule has 2 fully saturated rings. The van der Waals surface area contributed by atoms with E-state index in [1.54, 1.807) is 37.5 Å². The van der Waals surface area contributed by atoms with Gasteiger partial charge < -0.3 is 14.4 Å². The van der Waals surface area contributed by atoms with E-state index in [9.17, 15) is 13.6 Å². The highest BCUT2D eigenvalue weighted by molar-refractivity contribution is 6.31. The summed E-state index contributed by atoms with van der Waals surface area (Å²) in [6.45, 7) is 8.55. The van der Waals surface area contributed by atoms with Crippen LogP contribution in [0.2, 0.25) is 5.02 Å². The van der Waals surface area contributed by atoms with Crippen LogP contribution >= 0.6 is 11.6 Å². The number of hydrogen-bond donors (Lipinski definition) is 0. The number of ether oxygens (including phenoxy) is 2. The van der Waals surface area contributed by atoms with Crippen molar-refractivity contribution in [2.45, 2.75) is 39.3 Å². The number of aromatic nitrogens is 5. The van der Waals surface area contributed by atoms with Gasteiger partial charge in [-0.15, -0.1) is 0 Å². The Morgan fingerprint density at radius 3 is 2.52 bits per heavy atom. The minimum Gasteiger partial charge on any atom is -0.485 e. The first-order valence-corrected chi connectivity index (χ1v) is 14.9. The molecule has 6 rings (SSSR count). The first-order chi connectivity index (χ1) is 21.3. The number of halogens is 3. The lowest BCUT2D eigenvalue weighted by Gasteiger charge is -2.40. The predicted molar refractivity (Wildman–Crippen MR) is 161 cm³/mol. The zero-order valence-corrected chi connectivity index (χ0v) is 25.2. The molecule has 0 aliphatic carbocycles. The Hall–Kier alpha value is -4.00. The highest BCUT2D eigenvalue weighted by Gasteiger charge is 2.27. The van der Waals surface area contributed by atoms with Gasteiger partial charge in [0.15, 0.2) is 5.82 Å². The lowest BCUT2D eigenvalue weighted by atomic mass is 10.0. The highest BCUT2D eigenvalue weighted by Crippen LogP contribution is 2.28. The molecule has 10 nitrogen and oxygen atoms in total. The van der Waals surface area contributed by atoms with Gasteiger partial charge in [0.1, 0.15) is 28.9 Å². The van der Waals surface area contributed by atoms with E-state index in [-0.39, 0.29) is 23.1 Å². The molecule has 0 saturated carbocycles. The van der Waals surface area contributed by atoms with E-state index in [1.807, 2.05) is 6.92 Å². The fourth-order valence-corrected chi connectivity index (χ4v) is 5.89. The van der Waals surface area contributed by atoms with Gasteiger partial charge in [0.25, 0.3) is 5.56 Å². The van der Waals surface area contributed by atoms with Crippen molar-refractivity contribution in [1.82, 2.24) is 29.4 Å². The summed E-state index contributed by atoms with van der Waals surface area (Å²) >= 11 is 6.44. The molecule has 0 atom stereocenters. The van der Waals surface area contributed by atoms with E-state index in [0.717, 1.165) is 70.1 Å². The number of aryl methyl sites for hydroxylation is 2. The molecular formula is C31H32ClF2N7O3. The van der Waals surface area contributed by atoms with E-state index in [4.69, 9.17) is 26.1 Å². The molecule has 0 N–H and O–H groups in total. The maximum Gasteiger partial charge on any atom is 0.277 e. The lowest BCUT2D eigenvalue weighted by molar-refractivity contribution is 0.0114. The van der Waals surface area contributed by atoms with Crippen molar-refractivity contribution in [3.63, 3.8) is 0 Å². The van der Waals surface area contributed by atoms with Crippen LogP contribution in [0.1, 0.15) is 29.8 Å². The van der Waals surface area contributed by atoms with Crippen LogP contribution in [0.5, 0.6) is 5.75 Å². The molecule has 0 bridgehead atoms. The number of hydrogen-bond acceptors (Lipinski definition) is 9. The topological polar surface area (TPSA) is 98.5 Å². The second-order valence-electron chi connectivity index (χ2n) is 10.9. The van der Waals surface area contributed by atoms with Crippen LogP contribution < -0.4 is 15.2 Å². The first-order valence-electron chi connectivity index (χ1n) is 14.5. The van der Waals surface area contributed by atoms with Gasteiger partial charge >= 0.3 is 0 Å². The van der Waals surface area contributed by atoms with Crippen LogP contribution in [-0.4, -0.2) is 74.8 Å². The van der Waals surface area contributed by atoms with E-state index >= 15 is 0 Å². The summed E-state index contributed by atoms with van der Waals surface area (Å²) in [5, 5.41) is -0.180. The molecule has 2 aliphatic heterocycles. The molecule has 44 heavy (non-hydrogen) atoms. The Morgan fingerprint density at radius 1 is 1.00 bits per heavy atom. The second kappa shape index (κ2) is 12.9. The normalized spacial score (nSPS) is 16.3. The molecule has 4 aromatic heterocycles. The highest BCUT2D eigenvalue weighted by atomic mass is 35.5. The SMILES string of the molecule is Cc1cnc(-c2ccnc(N3CCC(N4CCOCC4)CC3)n2)cc1-n1c(C)cc(OCc2ncc(F)cc2F)c(Cl)c1=O. The summed E-state index contributed by atoms with van der Waals surface area (Å²) < 4.78 is 39.8. The molecule has 4 aromatic rings. The van der Waals surface area contributed by atoms with Crippen molar-refractivity contribution in [3.05, 3.63) is 86.8 Å². The van der Waals surface area contributed by atoms with Gasteiger partial charge in [-0.05, 0) is 44.4 Å². The van der Waals surface area contributed by atoms with Gasteiger partial charge in [-0.1, -0.05) is 11.6 Å². The van der Waals surface area contributed by atoms with Gasteiger partial charge in [-0.3, -0.25) is 24.2 Å². The number of pyridine rings is 3. The number of anilines is 1. The van der Waals surface area contributed by atoms with Crippen LogP contribution in [0.4, 0.5) is 14.7 Å². The van der Waals surface area contributed by atoms with E-state index in [1.165, 1.54) is 4.57 Å². The summed E-state index contributed by atoms with van der Waals surface area (Å²) in [6.07, 6.45) is 6.39. The van der Waals surface area contributed by atoms with Gasteiger partial charge in [-0.25, -0.2) is 18.7 Å². The summed E-state index contributed by atoms with van der Waals surface area (Å²) in [5.41, 5.74) is 2.47. The largest absolute Gasteiger partial charge is 0.485 e. The zero-order valence-electron chi connectivity index (χ0n) is 24.5. The fourth-order valence-electron chi connectivity index (χ4n) is 5.69. The third-order valence-electron chi connectivity index (χ3n) is 8.08. The Morgan fingerprint density at radius 2 is 1.77 bits per heavy atom. The van der Waals surface area contributed by atoms with Gasteiger partial charge in [-0.2, -0.15) is 0 Å². The molecule has 0 aromatic carbocycles. The Balaban J connectivity index is 1.22. The van der Waals surface area contributed by atoms with Crippen molar-refractivity contribution >= 4 is 17.5 Å². The standard InChI is InChI=1S/C31H32ClF2N7O3/c1-19-16-36-25(24-3-6-35-31(38-24)40-7-4-22(5-8-40)39-9-11-43-12-10-39)15-27(19)41-20(2)13-28(29(32)30(41)42)44-18-26-23(34)14-21(33)17-37-26/h3,6,13-17,22H,4-5,7-12,18H2,1-2H3. The summed E-state index contributed by atoms with van der Waals surface area (Å²) in [5.74, 6) is -0.925. The molecule has 0 unspecified atom stereocenters. The van der Waals surface area contributed by atoms with Crippen molar-refractivity contribution in [3.8, 4) is 22.8 Å². The molecule has 2 aliphatic rings. The molecule has 0 spiro atoms. The maximum atomic E-state index is 14.0. The first kappa shape index (κ1) is 30.0. The number of nitrogens with zero attached hydrogens (tertiary/aromatic N) is 7. The van der Waals surface area contributed by atoms with Gasteiger partial charge in [0.05, 0.1) is 36.5 Å². The third-order valence-corrected chi connectivity index (χ3v) is 8.43. The lowest BCUT2D eigenvalue weighted by Crippen LogP contribution is -2.49. The van der Waals surface area contributed by atoms with Crippen LogP contribution in [0.15, 0.2) is 47.7 Å². The third kappa shape index (κ3) is 6.28. The number of morpholine rings is 1. The minimum atomic E-state index is -0.850. The quantitative estimate of drug-likeness (QED) is 0.294. The number of piperidine rings is 1. The minimum absolute atomic E-state index is 0.0701. The van der Waals surface area contributed by atoms with Crippen LogP contribution in [0, 0.1) is 25.5 Å². The summed E-state index contributed by atoms with van der Waals surface area (Å²) in [6, 6.07) is 6.46. The van der Waals surface area contributed by atoms with Crippen LogP contribution in [-0.2, 0) is 11.3 Å². The van der Waals surface area contributed by atoms with Crippen LogP contribution in [0.25, 0.3) is 17.1 Å². The Bertz CT molecular complexity index is 1720. The summed E-state index contributed by atoms with van der Waals surface area (Å²) in [7, 11) is 0. The maximum absolute atomic E-state index is 14.0. The van der Waals surface area contributed by atoms with E-state index in [0.29, 0.717) is 34.8 Å². The van der Waals surface area contributed by atoms with E-state index < -0.39 is 17.2 Å². The average molecular weight is 624 g/mol. The van der Waals surface area contributed by atoms with Gasteiger partial charge in [0, 0.05) is 62.4 Å². The van der Waals surface area contributed by atoms with Crippen molar-refractivity contribution in [2.75, 3.05) is 44.3 Å². The van der Waals surface area contributed by atoms with Crippen molar-refractivity contribution in [1.29, 1.82) is 0 Å². The molecule has 0 radical (unpaired) electrons. The second-order valence-corrected chi connectivity index (χ2v) is 11.3. The average Bonchev–Trinajstić information content (AvgIpc) is 3.04. The Labute approximate surface area is 258 Å². The molecule has 6 heterocycles. The van der Waals surface area contributed by atoms with Crippen molar-refractivity contribution < 1.29 is 18.3 Å². The van der Waals surface area contributed by atoms with Crippen LogP contribution in [0.3, 0.4) is 0 Å².